The lowest BCUT2D eigenvalue weighted by atomic mass is 9.96. The highest BCUT2D eigenvalue weighted by Gasteiger charge is 2.28. The van der Waals surface area contributed by atoms with Gasteiger partial charge < -0.3 is 30.7 Å². The summed E-state index contributed by atoms with van der Waals surface area (Å²) in [4.78, 5) is 39.6. The van der Waals surface area contributed by atoms with Crippen molar-refractivity contribution < 1.29 is 14.4 Å². The largest absolute Gasteiger partial charge is 0.356 e. The van der Waals surface area contributed by atoms with Gasteiger partial charge in [0.15, 0.2) is 0 Å². The normalized spacial score (nSPS) is 18.4. The van der Waals surface area contributed by atoms with E-state index in [0.29, 0.717) is 30.9 Å². The highest BCUT2D eigenvalue weighted by Crippen LogP contribution is 2.30. The molecule has 2 heterocycles. The second-order valence-electron chi connectivity index (χ2n) is 9.68. The van der Waals surface area contributed by atoms with Crippen molar-refractivity contribution >= 4 is 34.4 Å². The Morgan fingerprint density at radius 2 is 1.94 bits per heavy atom. The molecule has 1 unspecified atom stereocenters. The minimum Gasteiger partial charge on any atom is -0.356 e. The van der Waals surface area contributed by atoms with Crippen molar-refractivity contribution in [2.24, 2.45) is 0 Å². The SMILES string of the molecule is CN(C)CCCNC(=O)CC1CNC(=O)c2cc3cc(NC(=O)NC4CCCCC4)ccc3n21. The zero-order chi connectivity index (χ0) is 24.1. The molecular weight excluding hydrogens is 432 g/mol. The van der Waals surface area contributed by atoms with Gasteiger partial charge in [0.25, 0.3) is 5.91 Å². The molecule has 4 amide bonds. The number of benzene rings is 1. The van der Waals surface area contributed by atoms with E-state index in [4.69, 9.17) is 0 Å². The van der Waals surface area contributed by atoms with Crippen LogP contribution in [0.4, 0.5) is 10.5 Å². The van der Waals surface area contributed by atoms with Gasteiger partial charge in [0.05, 0.1) is 6.04 Å². The monoisotopic (exact) mass is 468 g/mol. The van der Waals surface area contributed by atoms with Crippen LogP contribution in [0.15, 0.2) is 24.3 Å². The molecule has 1 atom stereocenters. The molecule has 0 spiro atoms. The minimum absolute atomic E-state index is 0.0228. The Labute approximate surface area is 200 Å². The van der Waals surface area contributed by atoms with E-state index < -0.39 is 0 Å². The summed E-state index contributed by atoms with van der Waals surface area (Å²) < 4.78 is 1.96. The number of aromatic nitrogens is 1. The minimum atomic E-state index is -0.197. The van der Waals surface area contributed by atoms with Crippen LogP contribution in [0.1, 0.15) is 61.5 Å². The van der Waals surface area contributed by atoms with E-state index in [2.05, 4.69) is 26.2 Å². The Bertz CT molecular complexity index is 1040. The van der Waals surface area contributed by atoms with Crippen LogP contribution in [-0.4, -0.2) is 67.1 Å². The van der Waals surface area contributed by atoms with Crippen molar-refractivity contribution in [2.45, 2.75) is 57.0 Å². The summed E-state index contributed by atoms with van der Waals surface area (Å²) in [5.74, 6) is -0.172. The number of carbonyl (C=O) groups is 3. The van der Waals surface area contributed by atoms with E-state index in [9.17, 15) is 14.4 Å². The fourth-order valence-electron chi connectivity index (χ4n) is 4.95. The Morgan fingerprint density at radius 1 is 1.15 bits per heavy atom. The number of hydrogen-bond acceptors (Lipinski definition) is 4. The van der Waals surface area contributed by atoms with E-state index in [-0.39, 0.29) is 29.9 Å². The Balaban J connectivity index is 1.43. The van der Waals surface area contributed by atoms with E-state index in [1.165, 1.54) is 6.42 Å². The zero-order valence-corrected chi connectivity index (χ0v) is 20.2. The lowest BCUT2D eigenvalue weighted by Gasteiger charge is -2.27. The van der Waals surface area contributed by atoms with Crippen LogP contribution in [0.25, 0.3) is 10.9 Å². The molecule has 9 heteroatoms. The third kappa shape index (κ3) is 5.88. The van der Waals surface area contributed by atoms with Gasteiger partial charge in [-0.1, -0.05) is 19.3 Å². The van der Waals surface area contributed by atoms with Crippen LogP contribution < -0.4 is 21.3 Å². The van der Waals surface area contributed by atoms with Crippen molar-refractivity contribution in [3.05, 3.63) is 30.0 Å². The van der Waals surface area contributed by atoms with Crippen molar-refractivity contribution in [1.82, 2.24) is 25.4 Å². The first kappa shape index (κ1) is 24.1. The number of carbonyl (C=O) groups excluding carboxylic acids is 3. The highest BCUT2D eigenvalue weighted by molar-refractivity contribution is 6.01. The molecule has 0 radical (unpaired) electrons. The first-order valence-electron chi connectivity index (χ1n) is 12.3. The predicted octanol–water partition coefficient (Wildman–Crippen LogP) is 2.84. The fourth-order valence-corrected chi connectivity index (χ4v) is 4.95. The van der Waals surface area contributed by atoms with Crippen LogP contribution in [0.2, 0.25) is 0 Å². The van der Waals surface area contributed by atoms with Crippen LogP contribution in [-0.2, 0) is 4.79 Å². The number of anilines is 1. The summed E-state index contributed by atoms with van der Waals surface area (Å²) >= 11 is 0. The molecule has 0 bridgehead atoms. The number of nitrogens with one attached hydrogen (secondary N) is 4. The molecular formula is C25H36N6O3. The zero-order valence-electron chi connectivity index (χ0n) is 20.2. The van der Waals surface area contributed by atoms with Gasteiger partial charge in [0.1, 0.15) is 5.69 Å². The molecule has 0 saturated heterocycles. The molecule has 1 aromatic carbocycles. The molecule has 2 aliphatic rings. The molecule has 9 nitrogen and oxygen atoms in total. The summed E-state index contributed by atoms with van der Waals surface area (Å²) in [7, 11) is 4.02. The van der Waals surface area contributed by atoms with E-state index in [1.54, 1.807) is 0 Å². The van der Waals surface area contributed by atoms with Gasteiger partial charge in [0.2, 0.25) is 5.91 Å². The quantitative estimate of drug-likeness (QED) is 0.447. The lowest BCUT2D eigenvalue weighted by molar-refractivity contribution is -0.121. The summed E-state index contributed by atoms with van der Waals surface area (Å²) in [6.07, 6.45) is 6.79. The Kier molecular flexibility index (Phi) is 7.72. The second kappa shape index (κ2) is 10.9. The molecule has 1 aliphatic heterocycles. The molecule has 4 rings (SSSR count). The Morgan fingerprint density at radius 3 is 2.71 bits per heavy atom. The molecule has 1 saturated carbocycles. The van der Waals surface area contributed by atoms with Gasteiger partial charge >= 0.3 is 6.03 Å². The lowest BCUT2D eigenvalue weighted by Crippen LogP contribution is -2.41. The highest BCUT2D eigenvalue weighted by atomic mass is 16.2. The third-order valence-corrected chi connectivity index (χ3v) is 6.66. The van der Waals surface area contributed by atoms with Gasteiger partial charge in [-0.15, -0.1) is 0 Å². The molecule has 184 valence electrons. The Hall–Kier alpha value is -3.07. The number of amides is 4. The van der Waals surface area contributed by atoms with Gasteiger partial charge in [-0.3, -0.25) is 9.59 Å². The van der Waals surface area contributed by atoms with Gasteiger partial charge in [-0.25, -0.2) is 4.79 Å². The second-order valence-corrected chi connectivity index (χ2v) is 9.68. The topological polar surface area (TPSA) is 108 Å². The summed E-state index contributed by atoms with van der Waals surface area (Å²) in [6, 6.07) is 7.35. The maximum Gasteiger partial charge on any atom is 0.319 e. The van der Waals surface area contributed by atoms with E-state index in [0.717, 1.165) is 49.6 Å². The van der Waals surface area contributed by atoms with Crippen LogP contribution in [0, 0.1) is 0 Å². The number of nitrogens with zero attached hydrogens (tertiary/aromatic N) is 2. The molecule has 1 fully saturated rings. The first-order chi connectivity index (χ1) is 16.4. The van der Waals surface area contributed by atoms with Crippen LogP contribution >= 0.6 is 0 Å². The summed E-state index contributed by atoms with van der Waals surface area (Å²) in [5, 5.41) is 12.7. The standard InChI is InChI=1S/C25H36N6O3/c1-30(2)12-6-11-26-23(32)15-20-16-27-24(33)22-14-17-13-19(9-10-21(17)31(20)22)29-25(34)28-18-7-4-3-5-8-18/h9-10,13-14,18,20H,3-8,11-12,15-16H2,1-2H3,(H,26,32)(H,27,33)(H2,28,29,34). The average Bonchev–Trinajstić information content (AvgIpc) is 3.19. The van der Waals surface area contributed by atoms with Gasteiger partial charge in [0, 0.05) is 42.1 Å². The van der Waals surface area contributed by atoms with Crippen LogP contribution in [0.3, 0.4) is 0 Å². The molecule has 1 aliphatic carbocycles. The first-order valence-corrected chi connectivity index (χ1v) is 12.3. The smallest absolute Gasteiger partial charge is 0.319 e. The number of rotatable bonds is 8. The maximum atomic E-state index is 12.5. The van der Waals surface area contributed by atoms with Crippen molar-refractivity contribution in [2.75, 3.05) is 39.0 Å². The maximum absolute atomic E-state index is 12.5. The van der Waals surface area contributed by atoms with Crippen LogP contribution in [0.5, 0.6) is 0 Å². The van der Waals surface area contributed by atoms with Crippen molar-refractivity contribution in [3.63, 3.8) is 0 Å². The third-order valence-electron chi connectivity index (χ3n) is 6.66. The summed E-state index contributed by atoms with van der Waals surface area (Å²) in [5.41, 5.74) is 2.10. The number of fused-ring (bicyclic) bond motifs is 3. The van der Waals surface area contributed by atoms with E-state index in [1.807, 2.05) is 42.9 Å². The molecule has 4 N–H and O–H groups in total. The number of hydrogen-bond donors (Lipinski definition) is 4. The van der Waals surface area contributed by atoms with Crippen molar-refractivity contribution in [3.8, 4) is 0 Å². The van der Waals surface area contributed by atoms with E-state index >= 15 is 0 Å². The van der Waals surface area contributed by atoms with Gasteiger partial charge in [-0.2, -0.15) is 0 Å². The van der Waals surface area contributed by atoms with Gasteiger partial charge in [-0.05, 0) is 64.2 Å². The number of urea groups is 1. The molecule has 2 aromatic rings. The molecule has 1 aromatic heterocycles. The fraction of sp³-hybridized carbons (Fsp3) is 0.560. The average molecular weight is 469 g/mol. The molecule has 34 heavy (non-hydrogen) atoms. The summed E-state index contributed by atoms with van der Waals surface area (Å²) in [6.45, 7) is 1.96. The predicted molar refractivity (Wildman–Crippen MR) is 133 cm³/mol. The van der Waals surface area contributed by atoms with Crippen molar-refractivity contribution in [1.29, 1.82) is 0 Å².